The van der Waals surface area contributed by atoms with Crippen LogP contribution in [0.25, 0.3) is 0 Å². The second kappa shape index (κ2) is 11.6. The Morgan fingerprint density at radius 1 is 0.970 bits per heavy atom. The smallest absolute Gasteiger partial charge is 0.174 e. The number of likely N-dealkylation sites (N-methyl/N-ethyl adjacent to an activating group) is 1. The summed E-state index contributed by atoms with van der Waals surface area (Å²) >= 11 is 0. The van der Waals surface area contributed by atoms with E-state index in [9.17, 15) is 4.79 Å². The van der Waals surface area contributed by atoms with Crippen LogP contribution >= 0.6 is 0 Å². The van der Waals surface area contributed by atoms with Gasteiger partial charge in [0.05, 0.1) is 5.69 Å². The quantitative estimate of drug-likeness (QED) is 0.524. The van der Waals surface area contributed by atoms with Crippen molar-refractivity contribution in [3.8, 4) is 0 Å². The second-order valence-electron chi connectivity index (χ2n) is 9.58. The average molecular weight is 448 g/mol. The Balaban J connectivity index is 1.35. The molecule has 1 saturated heterocycles. The van der Waals surface area contributed by atoms with Crippen molar-refractivity contribution in [2.75, 3.05) is 39.8 Å². The van der Waals surface area contributed by atoms with Gasteiger partial charge in [-0.15, -0.1) is 0 Å². The van der Waals surface area contributed by atoms with E-state index in [0.717, 1.165) is 81.2 Å². The zero-order valence-corrected chi connectivity index (χ0v) is 20.2. The van der Waals surface area contributed by atoms with Crippen LogP contribution in [0.4, 0.5) is 5.82 Å². The van der Waals surface area contributed by atoms with Crippen molar-refractivity contribution in [3.63, 3.8) is 0 Å². The predicted molar refractivity (Wildman–Crippen MR) is 133 cm³/mol. The summed E-state index contributed by atoms with van der Waals surface area (Å²) < 4.78 is 0. The van der Waals surface area contributed by atoms with Gasteiger partial charge in [-0.2, -0.15) is 0 Å². The standard InChI is InChI=1S/C27H37N5O/c1-3-4-6-21-15-22(18-24-20-26-27(30-24)29-9-8-28-26)17-23(16-21)19-25(33)7-5-10-32-13-11-31(2)12-14-32/h8-9,15-17H,3-7,10-14,18-20H2,1-2H3. The monoisotopic (exact) mass is 447 g/mol. The number of aryl methyl sites for hydroxylation is 1. The number of hydrogen-bond donors (Lipinski definition) is 0. The molecule has 2 aliphatic rings. The zero-order chi connectivity index (χ0) is 23.0. The summed E-state index contributed by atoms with van der Waals surface area (Å²) in [6.07, 6.45) is 10.6. The molecule has 0 radical (unpaired) electrons. The molecule has 0 saturated carbocycles. The highest BCUT2D eigenvalue weighted by Gasteiger charge is 2.18. The number of benzene rings is 1. The molecule has 1 aromatic heterocycles. The summed E-state index contributed by atoms with van der Waals surface area (Å²) in [6, 6.07) is 6.75. The SMILES string of the molecule is CCCCc1cc(CC(=O)CCCN2CCN(C)CC2)cc(CC2=Nc3nccnc3C2)c1. The van der Waals surface area contributed by atoms with Gasteiger partial charge >= 0.3 is 0 Å². The molecule has 1 fully saturated rings. The molecule has 4 rings (SSSR count). The normalized spacial score (nSPS) is 16.6. The van der Waals surface area contributed by atoms with E-state index in [1.54, 1.807) is 12.4 Å². The van der Waals surface area contributed by atoms with E-state index in [1.807, 2.05) is 0 Å². The summed E-state index contributed by atoms with van der Waals surface area (Å²) in [5, 5.41) is 0. The number of carbonyl (C=O) groups is 1. The Labute approximate surface area is 198 Å². The van der Waals surface area contributed by atoms with Crippen molar-refractivity contribution < 1.29 is 4.79 Å². The Morgan fingerprint density at radius 2 is 1.73 bits per heavy atom. The maximum absolute atomic E-state index is 12.8. The zero-order valence-electron chi connectivity index (χ0n) is 20.2. The van der Waals surface area contributed by atoms with Crippen LogP contribution in [0.5, 0.6) is 0 Å². The summed E-state index contributed by atoms with van der Waals surface area (Å²) in [5.74, 6) is 1.10. The van der Waals surface area contributed by atoms with Crippen LogP contribution in [0.2, 0.25) is 0 Å². The van der Waals surface area contributed by atoms with Gasteiger partial charge in [0.25, 0.3) is 0 Å². The van der Waals surface area contributed by atoms with Gasteiger partial charge in [0.15, 0.2) is 5.82 Å². The number of piperazine rings is 1. The van der Waals surface area contributed by atoms with Crippen LogP contribution < -0.4 is 0 Å². The van der Waals surface area contributed by atoms with Crippen LogP contribution in [0.3, 0.4) is 0 Å². The number of aliphatic imine (C=N–C) groups is 1. The number of fused-ring (bicyclic) bond motifs is 1. The van der Waals surface area contributed by atoms with Gasteiger partial charge in [0, 0.05) is 70.0 Å². The van der Waals surface area contributed by atoms with Crippen molar-refractivity contribution in [2.24, 2.45) is 4.99 Å². The molecule has 6 nitrogen and oxygen atoms in total. The molecular formula is C27H37N5O. The third-order valence-corrected chi connectivity index (χ3v) is 6.65. The van der Waals surface area contributed by atoms with Gasteiger partial charge in [0.2, 0.25) is 0 Å². The predicted octanol–water partition coefficient (Wildman–Crippen LogP) is 3.83. The number of Topliss-reactive ketones (excluding diaryl/α,β-unsaturated/α-hetero) is 1. The van der Waals surface area contributed by atoms with Crippen molar-refractivity contribution in [1.29, 1.82) is 0 Å². The molecule has 33 heavy (non-hydrogen) atoms. The van der Waals surface area contributed by atoms with E-state index >= 15 is 0 Å². The fraction of sp³-hybridized carbons (Fsp3) is 0.556. The average Bonchev–Trinajstić information content (AvgIpc) is 3.21. The van der Waals surface area contributed by atoms with Gasteiger partial charge in [-0.25, -0.2) is 9.98 Å². The lowest BCUT2D eigenvalue weighted by Crippen LogP contribution is -2.44. The molecule has 0 aliphatic carbocycles. The molecule has 6 heteroatoms. The molecule has 0 unspecified atom stereocenters. The molecular weight excluding hydrogens is 410 g/mol. The van der Waals surface area contributed by atoms with E-state index in [2.05, 4.69) is 56.9 Å². The first-order chi connectivity index (χ1) is 16.1. The Kier molecular flexibility index (Phi) is 8.35. The summed E-state index contributed by atoms with van der Waals surface area (Å²) in [4.78, 5) is 31.0. The van der Waals surface area contributed by atoms with E-state index < -0.39 is 0 Å². The summed E-state index contributed by atoms with van der Waals surface area (Å²) in [7, 11) is 2.18. The second-order valence-corrected chi connectivity index (χ2v) is 9.58. The van der Waals surface area contributed by atoms with Crippen LogP contribution in [0.1, 0.15) is 55.0 Å². The highest BCUT2D eigenvalue weighted by molar-refractivity contribution is 5.94. The molecule has 2 aromatic rings. The highest BCUT2D eigenvalue weighted by Crippen LogP contribution is 2.24. The fourth-order valence-electron chi connectivity index (χ4n) is 4.75. The van der Waals surface area contributed by atoms with Gasteiger partial charge in [-0.3, -0.25) is 9.78 Å². The topological polar surface area (TPSA) is 61.7 Å². The van der Waals surface area contributed by atoms with Crippen molar-refractivity contribution in [1.82, 2.24) is 19.8 Å². The molecule has 2 aliphatic heterocycles. The molecule has 176 valence electrons. The number of ketones is 1. The first kappa shape index (κ1) is 23.7. The Hall–Kier alpha value is -2.44. The molecule has 0 bridgehead atoms. The van der Waals surface area contributed by atoms with E-state index in [-0.39, 0.29) is 0 Å². The van der Waals surface area contributed by atoms with E-state index in [0.29, 0.717) is 18.6 Å². The maximum Gasteiger partial charge on any atom is 0.174 e. The Morgan fingerprint density at radius 3 is 2.52 bits per heavy atom. The number of unbranched alkanes of at least 4 members (excludes halogenated alkanes) is 1. The number of rotatable bonds is 11. The number of carbonyl (C=O) groups excluding carboxylic acids is 1. The molecule has 0 spiro atoms. The molecule has 0 atom stereocenters. The van der Waals surface area contributed by atoms with Crippen LogP contribution in [0.15, 0.2) is 35.6 Å². The largest absolute Gasteiger partial charge is 0.304 e. The molecule has 3 heterocycles. The minimum atomic E-state index is 0.349. The van der Waals surface area contributed by atoms with Gasteiger partial charge < -0.3 is 9.80 Å². The minimum Gasteiger partial charge on any atom is -0.304 e. The lowest BCUT2D eigenvalue weighted by molar-refractivity contribution is -0.118. The fourth-order valence-corrected chi connectivity index (χ4v) is 4.75. The van der Waals surface area contributed by atoms with E-state index in [4.69, 9.17) is 0 Å². The van der Waals surface area contributed by atoms with Crippen LogP contribution in [0, 0.1) is 0 Å². The highest BCUT2D eigenvalue weighted by atomic mass is 16.1. The number of nitrogens with zero attached hydrogens (tertiary/aromatic N) is 5. The third-order valence-electron chi connectivity index (χ3n) is 6.65. The minimum absolute atomic E-state index is 0.349. The lowest BCUT2D eigenvalue weighted by atomic mass is 9.95. The maximum atomic E-state index is 12.8. The molecule has 1 aromatic carbocycles. The van der Waals surface area contributed by atoms with Crippen molar-refractivity contribution in [2.45, 2.75) is 58.3 Å². The number of aromatic nitrogens is 2. The summed E-state index contributed by atoms with van der Waals surface area (Å²) in [6.45, 7) is 7.75. The first-order valence-electron chi connectivity index (χ1n) is 12.5. The van der Waals surface area contributed by atoms with E-state index in [1.165, 1.54) is 24.0 Å². The van der Waals surface area contributed by atoms with Crippen LogP contribution in [-0.2, 0) is 30.5 Å². The number of hydrogen-bond acceptors (Lipinski definition) is 6. The van der Waals surface area contributed by atoms with Crippen molar-refractivity contribution >= 4 is 17.3 Å². The Bertz CT molecular complexity index is 978. The van der Waals surface area contributed by atoms with Crippen LogP contribution in [-0.4, -0.2) is 71.0 Å². The first-order valence-corrected chi connectivity index (χ1v) is 12.5. The summed E-state index contributed by atoms with van der Waals surface area (Å²) in [5.41, 5.74) is 5.80. The lowest BCUT2D eigenvalue weighted by Gasteiger charge is -2.32. The van der Waals surface area contributed by atoms with Gasteiger partial charge in [-0.1, -0.05) is 31.5 Å². The van der Waals surface area contributed by atoms with Gasteiger partial charge in [-0.05, 0) is 49.5 Å². The third kappa shape index (κ3) is 7.02. The molecule has 0 amide bonds. The van der Waals surface area contributed by atoms with Crippen molar-refractivity contribution in [3.05, 3.63) is 53.0 Å². The van der Waals surface area contributed by atoms with Gasteiger partial charge in [0.1, 0.15) is 5.78 Å². The molecule has 0 N–H and O–H groups in total.